The Bertz CT molecular complexity index is 628. The van der Waals surface area contributed by atoms with Crippen molar-refractivity contribution in [2.75, 3.05) is 0 Å². The second kappa shape index (κ2) is 8.48. The van der Waals surface area contributed by atoms with Gasteiger partial charge in [0.25, 0.3) is 0 Å². The Morgan fingerprint density at radius 1 is 0.762 bits per heavy atom. The van der Waals surface area contributed by atoms with Crippen LogP contribution in [0.4, 0.5) is 0 Å². The van der Waals surface area contributed by atoms with Gasteiger partial charge in [0.1, 0.15) is 5.75 Å². The number of rotatable bonds is 0. The molecular formula is C18H18O3. The molecule has 0 saturated heterocycles. The number of aromatic hydroxyl groups is 1. The summed E-state index contributed by atoms with van der Waals surface area (Å²) in [6, 6.07) is 15.8. The van der Waals surface area contributed by atoms with Gasteiger partial charge in [0.05, 0.1) is 0 Å². The Balaban J connectivity index is 0.000000210. The maximum atomic E-state index is 11.2. The maximum Gasteiger partial charge on any atom is 0.233 e. The number of hydrogen-bond acceptors (Lipinski definition) is 3. The highest BCUT2D eigenvalue weighted by Crippen LogP contribution is 2.16. The van der Waals surface area contributed by atoms with Crippen LogP contribution in [0, 0.1) is 0 Å². The Labute approximate surface area is 124 Å². The second-order valence-electron chi connectivity index (χ2n) is 3.95. The summed E-state index contributed by atoms with van der Waals surface area (Å²) in [6.07, 6.45) is 2.98. The van der Waals surface area contributed by atoms with Crippen LogP contribution in [0.5, 0.6) is 5.75 Å². The summed E-state index contributed by atoms with van der Waals surface area (Å²) < 4.78 is 0. The molecule has 0 aromatic heterocycles. The molecule has 3 nitrogen and oxygen atoms in total. The molecule has 21 heavy (non-hydrogen) atoms. The zero-order chi connectivity index (χ0) is 15.7. The van der Waals surface area contributed by atoms with Gasteiger partial charge in [0.2, 0.25) is 11.6 Å². The van der Waals surface area contributed by atoms with Gasteiger partial charge in [0, 0.05) is 5.56 Å². The van der Waals surface area contributed by atoms with Crippen LogP contribution in [0.15, 0.2) is 60.7 Å². The zero-order valence-electron chi connectivity index (χ0n) is 12.1. The van der Waals surface area contributed by atoms with Crippen LogP contribution in [0.2, 0.25) is 0 Å². The van der Waals surface area contributed by atoms with Crippen molar-refractivity contribution in [1.82, 2.24) is 0 Å². The minimum atomic E-state index is -0.436. The van der Waals surface area contributed by atoms with Gasteiger partial charge in [-0.3, -0.25) is 9.59 Å². The summed E-state index contributed by atoms with van der Waals surface area (Å²) >= 11 is 0. The van der Waals surface area contributed by atoms with E-state index in [2.05, 4.69) is 0 Å². The molecule has 1 aliphatic carbocycles. The standard InChI is InChI=1S/C10H6O2.C6H6O.C2H6/c11-9-6-5-7-3-1-2-4-8(7)10(9)12;7-6-4-2-1-3-5-6;1-2/h1-6H;1-5,7H;1-2H3. The van der Waals surface area contributed by atoms with E-state index in [4.69, 9.17) is 5.11 Å². The van der Waals surface area contributed by atoms with Crippen LogP contribution in [0.25, 0.3) is 6.08 Å². The smallest absolute Gasteiger partial charge is 0.233 e. The molecule has 0 spiro atoms. The lowest BCUT2D eigenvalue weighted by Crippen LogP contribution is -2.15. The van der Waals surface area contributed by atoms with Crippen molar-refractivity contribution in [3.05, 3.63) is 71.8 Å². The van der Waals surface area contributed by atoms with Crippen molar-refractivity contribution in [1.29, 1.82) is 0 Å². The number of phenolic OH excluding ortho intramolecular Hbond substituents is 1. The van der Waals surface area contributed by atoms with Crippen LogP contribution in [0.3, 0.4) is 0 Å². The molecule has 3 rings (SSSR count). The molecule has 2 aromatic rings. The molecule has 0 radical (unpaired) electrons. The number of carbonyl (C=O) groups excluding carboxylic acids is 2. The topological polar surface area (TPSA) is 54.4 Å². The molecule has 0 amide bonds. The quantitative estimate of drug-likeness (QED) is 0.746. The molecule has 0 aliphatic heterocycles. The Kier molecular flexibility index (Phi) is 6.61. The first-order valence-electron chi connectivity index (χ1n) is 6.78. The van der Waals surface area contributed by atoms with Gasteiger partial charge in [0.15, 0.2) is 0 Å². The van der Waals surface area contributed by atoms with Crippen molar-refractivity contribution >= 4 is 17.6 Å². The Hall–Kier alpha value is -2.68. The third-order valence-corrected chi connectivity index (χ3v) is 2.60. The van der Waals surface area contributed by atoms with Gasteiger partial charge in [-0.1, -0.05) is 62.4 Å². The summed E-state index contributed by atoms with van der Waals surface area (Å²) in [5.41, 5.74) is 1.33. The van der Waals surface area contributed by atoms with E-state index >= 15 is 0 Å². The van der Waals surface area contributed by atoms with E-state index in [-0.39, 0.29) is 0 Å². The van der Waals surface area contributed by atoms with E-state index < -0.39 is 11.6 Å². The zero-order valence-corrected chi connectivity index (χ0v) is 12.1. The van der Waals surface area contributed by atoms with Crippen molar-refractivity contribution in [2.45, 2.75) is 13.8 Å². The van der Waals surface area contributed by atoms with Crippen molar-refractivity contribution in [2.24, 2.45) is 0 Å². The number of allylic oxidation sites excluding steroid dienone is 1. The monoisotopic (exact) mass is 282 g/mol. The van der Waals surface area contributed by atoms with Crippen molar-refractivity contribution in [3.8, 4) is 5.75 Å². The largest absolute Gasteiger partial charge is 0.508 e. The molecule has 0 heterocycles. The Morgan fingerprint density at radius 3 is 1.90 bits per heavy atom. The molecule has 1 N–H and O–H groups in total. The lowest BCUT2D eigenvalue weighted by Gasteiger charge is -2.06. The summed E-state index contributed by atoms with van der Waals surface area (Å²) in [6.45, 7) is 4.00. The fraction of sp³-hybridized carbons (Fsp3) is 0.111. The van der Waals surface area contributed by atoms with Gasteiger partial charge >= 0.3 is 0 Å². The predicted octanol–water partition coefficient (Wildman–Crippen LogP) is 3.88. The number of Topliss-reactive ketones (excluding diaryl/α,β-unsaturated/α-hetero) is 1. The number of carbonyl (C=O) groups is 2. The number of phenols is 1. The van der Waals surface area contributed by atoms with Crippen LogP contribution >= 0.6 is 0 Å². The summed E-state index contributed by atoms with van der Waals surface area (Å²) in [4.78, 5) is 22.1. The molecule has 0 saturated carbocycles. The Morgan fingerprint density at radius 2 is 1.33 bits per heavy atom. The number of benzene rings is 2. The molecule has 0 atom stereocenters. The molecule has 0 bridgehead atoms. The van der Waals surface area contributed by atoms with E-state index in [0.29, 0.717) is 11.3 Å². The van der Waals surface area contributed by atoms with Gasteiger partial charge in [-0.15, -0.1) is 0 Å². The molecule has 2 aromatic carbocycles. The first kappa shape index (κ1) is 16.4. The van der Waals surface area contributed by atoms with Crippen LogP contribution in [-0.2, 0) is 4.79 Å². The maximum absolute atomic E-state index is 11.2. The summed E-state index contributed by atoms with van der Waals surface area (Å²) in [5.74, 6) is -0.524. The normalized spacial score (nSPS) is 11.5. The van der Waals surface area contributed by atoms with E-state index in [1.165, 1.54) is 6.08 Å². The number of fused-ring (bicyclic) bond motifs is 1. The van der Waals surface area contributed by atoms with Crippen LogP contribution < -0.4 is 0 Å². The molecule has 1 aliphatic rings. The van der Waals surface area contributed by atoms with Gasteiger partial charge in [-0.25, -0.2) is 0 Å². The highest BCUT2D eigenvalue weighted by atomic mass is 16.3. The van der Waals surface area contributed by atoms with Crippen molar-refractivity contribution < 1.29 is 14.7 Å². The lowest BCUT2D eigenvalue weighted by molar-refractivity contribution is -0.110. The minimum Gasteiger partial charge on any atom is -0.508 e. The van der Waals surface area contributed by atoms with Gasteiger partial charge in [-0.2, -0.15) is 0 Å². The third-order valence-electron chi connectivity index (χ3n) is 2.60. The molecule has 0 unspecified atom stereocenters. The molecule has 108 valence electrons. The van der Waals surface area contributed by atoms with E-state index in [0.717, 1.165) is 5.56 Å². The number of para-hydroxylation sites is 1. The first-order chi connectivity index (χ1) is 10.2. The average Bonchev–Trinajstić information content (AvgIpc) is 2.55. The SMILES string of the molecule is CC.O=C1C=Cc2ccccc2C1=O.Oc1ccccc1. The van der Waals surface area contributed by atoms with Crippen LogP contribution in [0.1, 0.15) is 29.8 Å². The first-order valence-corrected chi connectivity index (χ1v) is 6.78. The van der Waals surface area contributed by atoms with Gasteiger partial charge < -0.3 is 5.11 Å². The molecule has 3 heteroatoms. The predicted molar refractivity (Wildman–Crippen MR) is 84.3 cm³/mol. The summed E-state index contributed by atoms with van der Waals surface area (Å²) in [5, 5.41) is 8.63. The fourth-order valence-electron chi connectivity index (χ4n) is 1.65. The fourth-order valence-corrected chi connectivity index (χ4v) is 1.65. The summed E-state index contributed by atoms with van der Waals surface area (Å²) in [7, 11) is 0. The van der Waals surface area contributed by atoms with Crippen LogP contribution in [-0.4, -0.2) is 16.7 Å². The third kappa shape index (κ3) is 4.73. The van der Waals surface area contributed by atoms with E-state index in [1.807, 2.05) is 32.0 Å². The van der Waals surface area contributed by atoms with E-state index in [9.17, 15) is 9.59 Å². The highest BCUT2D eigenvalue weighted by molar-refractivity contribution is 6.49. The average molecular weight is 282 g/mol. The van der Waals surface area contributed by atoms with Gasteiger partial charge in [-0.05, 0) is 23.8 Å². The minimum absolute atomic E-state index is 0.322. The number of ketones is 2. The molecule has 0 fully saturated rings. The lowest BCUT2D eigenvalue weighted by atomic mass is 9.96. The number of hydrogen-bond donors (Lipinski definition) is 1. The van der Waals surface area contributed by atoms with E-state index in [1.54, 1.807) is 42.5 Å². The highest BCUT2D eigenvalue weighted by Gasteiger charge is 2.19. The molecular weight excluding hydrogens is 264 g/mol. The second-order valence-corrected chi connectivity index (χ2v) is 3.95. The van der Waals surface area contributed by atoms with Crippen molar-refractivity contribution in [3.63, 3.8) is 0 Å².